The molecule has 0 radical (unpaired) electrons. The molecule has 0 aliphatic carbocycles. The molecular formula is C10H15F3N2O2. The fraction of sp³-hybridized carbons (Fsp3) is 0.900. The third-order valence-electron chi connectivity index (χ3n) is 3.43. The van der Waals surface area contributed by atoms with Crippen LogP contribution in [0.15, 0.2) is 0 Å². The Morgan fingerprint density at radius 1 is 1.53 bits per heavy atom. The number of fused-ring (bicyclic) bond motifs is 1. The van der Waals surface area contributed by atoms with Crippen molar-refractivity contribution < 1.29 is 23.1 Å². The van der Waals surface area contributed by atoms with Crippen molar-refractivity contribution in [3.8, 4) is 0 Å². The van der Waals surface area contributed by atoms with Gasteiger partial charge in [0.25, 0.3) is 0 Å². The van der Waals surface area contributed by atoms with E-state index in [1.54, 1.807) is 4.90 Å². The Kier molecular flexibility index (Phi) is 3.31. The molecule has 0 aromatic heterocycles. The van der Waals surface area contributed by atoms with Crippen LogP contribution in [0.5, 0.6) is 0 Å². The average Bonchev–Trinajstić information content (AvgIpc) is 2.78. The predicted octanol–water partition coefficient (Wildman–Crippen LogP) is 0.262. The molecule has 0 saturated carbocycles. The quantitative estimate of drug-likeness (QED) is 0.757. The van der Waals surface area contributed by atoms with Crippen molar-refractivity contribution in [1.29, 1.82) is 0 Å². The Morgan fingerprint density at radius 2 is 2.24 bits per heavy atom. The summed E-state index contributed by atoms with van der Waals surface area (Å²) in [5.41, 5.74) is 0. The van der Waals surface area contributed by atoms with E-state index >= 15 is 0 Å². The second kappa shape index (κ2) is 4.45. The van der Waals surface area contributed by atoms with E-state index in [1.807, 2.05) is 0 Å². The monoisotopic (exact) mass is 252 g/mol. The van der Waals surface area contributed by atoms with Crippen LogP contribution in [0.2, 0.25) is 0 Å². The molecule has 3 unspecified atom stereocenters. The summed E-state index contributed by atoms with van der Waals surface area (Å²) in [4.78, 5) is 13.2. The number of rotatable bonds is 3. The van der Waals surface area contributed by atoms with Gasteiger partial charge in [-0.15, -0.1) is 0 Å². The molecule has 2 saturated heterocycles. The van der Waals surface area contributed by atoms with Gasteiger partial charge in [-0.2, -0.15) is 13.2 Å². The lowest BCUT2D eigenvalue weighted by Gasteiger charge is -2.23. The number of nitrogens with one attached hydrogen (secondary N) is 1. The van der Waals surface area contributed by atoms with Crippen LogP contribution in [0.25, 0.3) is 0 Å². The van der Waals surface area contributed by atoms with Gasteiger partial charge in [-0.1, -0.05) is 0 Å². The second-order valence-electron chi connectivity index (χ2n) is 4.57. The molecule has 2 fully saturated rings. The number of hydrogen-bond donors (Lipinski definition) is 2. The van der Waals surface area contributed by atoms with E-state index in [0.717, 1.165) is 12.8 Å². The van der Waals surface area contributed by atoms with Crippen LogP contribution in [0.4, 0.5) is 13.2 Å². The summed E-state index contributed by atoms with van der Waals surface area (Å²) in [5, 5.41) is 11.5. The molecule has 2 rings (SSSR count). The lowest BCUT2D eigenvalue weighted by molar-refractivity contribution is -0.202. The molecule has 17 heavy (non-hydrogen) atoms. The van der Waals surface area contributed by atoms with E-state index in [2.05, 4.69) is 5.32 Å². The summed E-state index contributed by atoms with van der Waals surface area (Å²) in [7, 11) is 0. The molecule has 2 heterocycles. The van der Waals surface area contributed by atoms with Gasteiger partial charge in [0.2, 0.25) is 5.91 Å². The maximum absolute atomic E-state index is 12.1. The minimum absolute atomic E-state index is 0.00272. The minimum Gasteiger partial charge on any atom is -0.382 e. The lowest BCUT2D eigenvalue weighted by atomic mass is 10.1. The number of carbonyl (C=O) groups is 1. The largest absolute Gasteiger partial charge is 0.415 e. The highest BCUT2D eigenvalue weighted by atomic mass is 19.4. The third-order valence-corrected chi connectivity index (χ3v) is 3.43. The maximum Gasteiger partial charge on any atom is 0.415 e. The van der Waals surface area contributed by atoms with Crippen LogP contribution in [0.1, 0.15) is 19.3 Å². The lowest BCUT2D eigenvalue weighted by Crippen LogP contribution is -2.46. The summed E-state index contributed by atoms with van der Waals surface area (Å²) < 4.78 is 36.3. The Labute approximate surface area is 96.8 Å². The van der Waals surface area contributed by atoms with Crippen LogP contribution in [0.3, 0.4) is 0 Å². The predicted molar refractivity (Wildman–Crippen MR) is 53.2 cm³/mol. The molecular weight excluding hydrogens is 237 g/mol. The SMILES string of the molecule is O=C1CC(NCC(O)C(F)(F)F)C2CCCN12. The molecule has 0 bridgehead atoms. The van der Waals surface area contributed by atoms with Gasteiger partial charge in [-0.05, 0) is 12.8 Å². The number of aliphatic hydroxyl groups excluding tert-OH is 1. The molecule has 4 nitrogen and oxygen atoms in total. The van der Waals surface area contributed by atoms with E-state index in [0.29, 0.717) is 6.54 Å². The third kappa shape index (κ3) is 2.55. The Balaban J connectivity index is 1.86. The normalized spacial score (nSPS) is 30.8. The first-order valence-corrected chi connectivity index (χ1v) is 5.67. The van der Waals surface area contributed by atoms with Crippen LogP contribution in [-0.2, 0) is 4.79 Å². The molecule has 98 valence electrons. The van der Waals surface area contributed by atoms with Crippen molar-refractivity contribution in [1.82, 2.24) is 10.2 Å². The molecule has 2 N–H and O–H groups in total. The van der Waals surface area contributed by atoms with Crippen LogP contribution in [-0.4, -0.2) is 53.4 Å². The van der Waals surface area contributed by atoms with Crippen molar-refractivity contribution in [2.45, 2.75) is 43.6 Å². The molecule has 7 heteroatoms. The summed E-state index contributed by atoms with van der Waals surface area (Å²) in [6, 6.07) is -0.259. The molecule has 0 aromatic carbocycles. The summed E-state index contributed by atoms with van der Waals surface area (Å²) >= 11 is 0. The zero-order valence-corrected chi connectivity index (χ0v) is 9.20. The number of amides is 1. The van der Waals surface area contributed by atoms with E-state index < -0.39 is 18.8 Å². The Hall–Kier alpha value is -0.820. The van der Waals surface area contributed by atoms with Gasteiger partial charge >= 0.3 is 6.18 Å². The molecule has 3 atom stereocenters. The summed E-state index contributed by atoms with van der Waals surface area (Å²) in [6.45, 7) is 0.148. The van der Waals surface area contributed by atoms with Crippen molar-refractivity contribution in [3.63, 3.8) is 0 Å². The number of aliphatic hydroxyl groups is 1. The summed E-state index contributed by atoms with van der Waals surface area (Å²) in [6.07, 6.45) is -5.02. The van der Waals surface area contributed by atoms with Gasteiger partial charge < -0.3 is 15.3 Å². The van der Waals surface area contributed by atoms with Gasteiger partial charge in [0.15, 0.2) is 6.10 Å². The molecule has 2 aliphatic heterocycles. The highest BCUT2D eigenvalue weighted by Crippen LogP contribution is 2.29. The maximum atomic E-state index is 12.1. The van der Waals surface area contributed by atoms with Gasteiger partial charge in [-0.25, -0.2) is 0 Å². The first kappa shape index (κ1) is 12.6. The van der Waals surface area contributed by atoms with Crippen molar-refractivity contribution >= 4 is 5.91 Å². The zero-order chi connectivity index (χ0) is 12.6. The zero-order valence-electron chi connectivity index (χ0n) is 9.20. The number of halogens is 3. The Morgan fingerprint density at radius 3 is 2.88 bits per heavy atom. The first-order chi connectivity index (χ1) is 7.89. The highest BCUT2D eigenvalue weighted by Gasteiger charge is 2.44. The van der Waals surface area contributed by atoms with Crippen molar-refractivity contribution in [2.75, 3.05) is 13.1 Å². The van der Waals surface area contributed by atoms with E-state index in [-0.39, 0.29) is 24.4 Å². The number of carbonyl (C=O) groups excluding carboxylic acids is 1. The minimum atomic E-state index is -4.61. The smallest absolute Gasteiger partial charge is 0.382 e. The van der Waals surface area contributed by atoms with Crippen LogP contribution < -0.4 is 5.32 Å². The molecule has 0 aromatic rings. The highest BCUT2D eigenvalue weighted by molar-refractivity contribution is 5.80. The van der Waals surface area contributed by atoms with E-state index in [9.17, 15) is 18.0 Å². The van der Waals surface area contributed by atoms with Crippen molar-refractivity contribution in [2.24, 2.45) is 0 Å². The second-order valence-corrected chi connectivity index (χ2v) is 4.57. The van der Waals surface area contributed by atoms with E-state index in [1.165, 1.54) is 0 Å². The van der Waals surface area contributed by atoms with Gasteiger partial charge in [0.05, 0.1) is 0 Å². The Bertz CT molecular complexity index is 308. The molecule has 1 amide bonds. The van der Waals surface area contributed by atoms with Crippen molar-refractivity contribution in [3.05, 3.63) is 0 Å². The topological polar surface area (TPSA) is 52.6 Å². The van der Waals surface area contributed by atoms with Gasteiger partial charge in [0, 0.05) is 31.6 Å². The fourth-order valence-electron chi connectivity index (χ4n) is 2.55. The first-order valence-electron chi connectivity index (χ1n) is 5.67. The number of nitrogens with zero attached hydrogens (tertiary/aromatic N) is 1. The van der Waals surface area contributed by atoms with Crippen LogP contribution in [0, 0.1) is 0 Å². The number of alkyl halides is 3. The average molecular weight is 252 g/mol. The van der Waals surface area contributed by atoms with Gasteiger partial charge in [0.1, 0.15) is 0 Å². The van der Waals surface area contributed by atoms with Crippen LogP contribution >= 0.6 is 0 Å². The van der Waals surface area contributed by atoms with E-state index in [4.69, 9.17) is 5.11 Å². The molecule has 2 aliphatic rings. The standard InChI is InChI=1S/C10H15F3N2O2/c11-10(12,13)8(16)5-14-6-4-9(17)15-3-1-2-7(6)15/h6-8,14,16H,1-5H2. The summed E-state index contributed by atoms with van der Waals surface area (Å²) in [5.74, 6) is -0.00787. The number of hydrogen-bond acceptors (Lipinski definition) is 3. The van der Waals surface area contributed by atoms with Gasteiger partial charge in [-0.3, -0.25) is 4.79 Å². The fourth-order valence-corrected chi connectivity index (χ4v) is 2.55. The molecule has 0 spiro atoms.